The molecule has 2 unspecified atom stereocenters. The van der Waals surface area contributed by atoms with E-state index >= 15 is 0 Å². The summed E-state index contributed by atoms with van der Waals surface area (Å²) in [5, 5.41) is 0.901. The van der Waals surface area contributed by atoms with Crippen LogP contribution in [0.5, 0.6) is 0 Å². The monoisotopic (exact) mass is 335 g/mol. The molecule has 0 amide bonds. The van der Waals surface area contributed by atoms with E-state index in [-0.39, 0.29) is 5.54 Å². The fraction of sp³-hybridized carbons (Fsp3) is 0.700. The second-order valence-electron chi connectivity index (χ2n) is 9.29. The second-order valence-corrected chi connectivity index (χ2v) is 9.70. The minimum atomic E-state index is -0.0598. The van der Waals surface area contributed by atoms with Crippen molar-refractivity contribution in [3.63, 3.8) is 0 Å². The first-order valence-electron chi connectivity index (χ1n) is 8.82. The highest BCUT2D eigenvalue weighted by Crippen LogP contribution is 2.56. The van der Waals surface area contributed by atoms with Crippen molar-refractivity contribution in [2.45, 2.75) is 65.8 Å². The molecule has 128 valence electrons. The molecule has 1 heterocycles. The summed E-state index contributed by atoms with van der Waals surface area (Å²) in [6.07, 6.45) is 4.52. The van der Waals surface area contributed by atoms with E-state index in [1.165, 1.54) is 17.5 Å². The number of rotatable bonds is 3. The van der Waals surface area contributed by atoms with Crippen molar-refractivity contribution in [3.8, 4) is 0 Å². The molecule has 1 aromatic carbocycles. The van der Waals surface area contributed by atoms with E-state index in [1.54, 1.807) is 0 Å². The lowest BCUT2D eigenvalue weighted by atomic mass is 9.73. The molecule has 1 aromatic rings. The molecular weight excluding hydrogens is 306 g/mol. The first-order valence-corrected chi connectivity index (χ1v) is 9.20. The van der Waals surface area contributed by atoms with Gasteiger partial charge < -0.3 is 4.84 Å². The predicted octanol–water partition coefficient (Wildman–Crippen LogP) is 5.49. The van der Waals surface area contributed by atoms with Crippen molar-refractivity contribution in [1.82, 2.24) is 5.48 Å². The molecule has 2 fully saturated rings. The third-order valence-corrected chi connectivity index (χ3v) is 6.27. The van der Waals surface area contributed by atoms with Crippen LogP contribution in [0.3, 0.4) is 0 Å². The Balaban J connectivity index is 1.86. The van der Waals surface area contributed by atoms with E-state index < -0.39 is 0 Å². The van der Waals surface area contributed by atoms with Gasteiger partial charge in [0.2, 0.25) is 0 Å². The van der Waals surface area contributed by atoms with Crippen molar-refractivity contribution < 1.29 is 4.84 Å². The van der Waals surface area contributed by atoms with Gasteiger partial charge in [-0.2, -0.15) is 5.48 Å². The highest BCUT2D eigenvalue weighted by molar-refractivity contribution is 6.31. The number of hydroxylamine groups is 1. The number of halogens is 1. The van der Waals surface area contributed by atoms with Crippen LogP contribution in [0.15, 0.2) is 18.2 Å². The number of nitrogens with one attached hydrogen (secondary N) is 1. The summed E-state index contributed by atoms with van der Waals surface area (Å²) in [7, 11) is 0. The Bertz CT molecular complexity index is 590. The van der Waals surface area contributed by atoms with Gasteiger partial charge in [-0.05, 0) is 53.7 Å². The van der Waals surface area contributed by atoms with Gasteiger partial charge in [0, 0.05) is 10.9 Å². The van der Waals surface area contributed by atoms with Crippen molar-refractivity contribution >= 4 is 11.6 Å². The molecule has 0 spiro atoms. The topological polar surface area (TPSA) is 21.3 Å². The van der Waals surface area contributed by atoms with Crippen molar-refractivity contribution in [2.24, 2.45) is 16.7 Å². The van der Waals surface area contributed by atoms with Crippen LogP contribution in [0.2, 0.25) is 5.02 Å². The molecule has 3 rings (SSSR count). The summed E-state index contributed by atoms with van der Waals surface area (Å²) < 4.78 is 0. The van der Waals surface area contributed by atoms with Gasteiger partial charge in [-0.15, -0.1) is 0 Å². The summed E-state index contributed by atoms with van der Waals surface area (Å²) in [5.41, 5.74) is 6.48. The third-order valence-electron chi connectivity index (χ3n) is 5.92. The van der Waals surface area contributed by atoms with Crippen LogP contribution in [0.25, 0.3) is 0 Å². The normalized spacial score (nSPS) is 29.7. The zero-order valence-corrected chi connectivity index (χ0v) is 15.9. The summed E-state index contributed by atoms with van der Waals surface area (Å²) in [4.78, 5) is 5.67. The van der Waals surface area contributed by atoms with Gasteiger partial charge in [-0.25, -0.2) is 0 Å². The Hall–Kier alpha value is -0.570. The molecular formula is C20H30ClNO. The molecule has 1 aliphatic carbocycles. The smallest absolute Gasteiger partial charge is 0.0737 e. The lowest BCUT2D eigenvalue weighted by Gasteiger charge is -2.33. The zero-order valence-electron chi connectivity index (χ0n) is 15.1. The molecule has 3 heteroatoms. The fourth-order valence-corrected chi connectivity index (χ4v) is 4.50. The average molecular weight is 336 g/mol. The Morgan fingerprint density at radius 3 is 2.65 bits per heavy atom. The Kier molecular flexibility index (Phi) is 4.32. The van der Waals surface area contributed by atoms with Crippen molar-refractivity contribution in [1.29, 1.82) is 0 Å². The molecule has 2 atom stereocenters. The average Bonchev–Trinajstić information content (AvgIpc) is 2.98. The maximum absolute atomic E-state index is 6.63. The number of hydrogen-bond acceptors (Lipinski definition) is 2. The highest BCUT2D eigenvalue weighted by atomic mass is 35.5. The van der Waals surface area contributed by atoms with E-state index in [9.17, 15) is 0 Å². The van der Waals surface area contributed by atoms with Crippen LogP contribution in [-0.2, 0) is 16.8 Å². The molecule has 0 aromatic heterocycles. The molecule has 23 heavy (non-hydrogen) atoms. The highest BCUT2D eigenvalue weighted by Gasteiger charge is 2.57. The standard InChI is InChI=1S/C20H30ClNO/c1-18(2,3)9-8-14-6-7-15(12-16(14)21)20-11-10-19(4,5)17(20)13-23-22-20/h6-7,12,17,22H,8-11,13H2,1-5H3. The minimum absolute atomic E-state index is 0.0598. The first-order chi connectivity index (χ1) is 10.6. The van der Waals surface area contributed by atoms with Gasteiger partial charge in [0.05, 0.1) is 12.1 Å². The van der Waals surface area contributed by atoms with E-state index in [1.807, 2.05) is 0 Å². The van der Waals surface area contributed by atoms with Crippen LogP contribution in [-0.4, -0.2) is 6.61 Å². The van der Waals surface area contributed by atoms with Gasteiger partial charge >= 0.3 is 0 Å². The maximum Gasteiger partial charge on any atom is 0.0737 e. The van der Waals surface area contributed by atoms with E-state index in [4.69, 9.17) is 16.4 Å². The molecule has 2 nitrogen and oxygen atoms in total. The lowest BCUT2D eigenvalue weighted by molar-refractivity contribution is 0.0531. The SMILES string of the molecule is CC(C)(C)CCc1ccc(C23CCC(C)(C)C2CON3)cc1Cl. The molecule has 1 saturated heterocycles. The van der Waals surface area contributed by atoms with Crippen LogP contribution in [0, 0.1) is 16.7 Å². The molecule has 1 aliphatic heterocycles. The van der Waals surface area contributed by atoms with Gasteiger partial charge in [0.15, 0.2) is 0 Å². The number of aryl methyl sites for hydroxylation is 1. The summed E-state index contributed by atoms with van der Waals surface area (Å²) in [6, 6.07) is 6.66. The maximum atomic E-state index is 6.63. The Morgan fingerprint density at radius 1 is 1.26 bits per heavy atom. The summed E-state index contributed by atoms with van der Waals surface area (Å²) in [6.45, 7) is 12.3. The van der Waals surface area contributed by atoms with Crippen molar-refractivity contribution in [2.75, 3.05) is 6.61 Å². The lowest BCUT2D eigenvalue weighted by Crippen LogP contribution is -2.40. The number of fused-ring (bicyclic) bond motifs is 1. The molecule has 2 aliphatic rings. The molecule has 1 saturated carbocycles. The summed E-state index contributed by atoms with van der Waals surface area (Å²) >= 11 is 6.63. The van der Waals surface area contributed by atoms with Crippen LogP contribution < -0.4 is 5.48 Å². The van der Waals surface area contributed by atoms with Gasteiger partial charge in [-0.1, -0.05) is 58.4 Å². The summed E-state index contributed by atoms with van der Waals surface area (Å²) in [5.74, 6) is 0.506. The Morgan fingerprint density at radius 2 is 2.00 bits per heavy atom. The number of hydrogen-bond donors (Lipinski definition) is 1. The van der Waals surface area contributed by atoms with E-state index in [0.717, 1.165) is 30.9 Å². The second kappa shape index (κ2) is 5.75. The van der Waals surface area contributed by atoms with Crippen LogP contribution in [0.4, 0.5) is 0 Å². The molecule has 0 radical (unpaired) electrons. The third kappa shape index (κ3) is 3.18. The van der Waals surface area contributed by atoms with E-state index in [2.05, 4.69) is 58.3 Å². The van der Waals surface area contributed by atoms with Gasteiger partial charge in [-0.3, -0.25) is 0 Å². The van der Waals surface area contributed by atoms with Crippen LogP contribution in [0.1, 0.15) is 65.0 Å². The molecule has 0 bridgehead atoms. The minimum Gasteiger partial charge on any atom is -0.301 e. The van der Waals surface area contributed by atoms with Gasteiger partial charge in [0.25, 0.3) is 0 Å². The fourth-order valence-electron chi connectivity index (χ4n) is 4.22. The van der Waals surface area contributed by atoms with Gasteiger partial charge in [0.1, 0.15) is 0 Å². The Labute approximate surface area is 145 Å². The largest absolute Gasteiger partial charge is 0.301 e. The van der Waals surface area contributed by atoms with Crippen LogP contribution >= 0.6 is 11.6 Å². The van der Waals surface area contributed by atoms with E-state index in [0.29, 0.717) is 16.7 Å². The quantitative estimate of drug-likeness (QED) is 0.789. The first kappa shape index (κ1) is 17.3. The predicted molar refractivity (Wildman–Crippen MR) is 96.5 cm³/mol. The molecule has 1 N–H and O–H groups in total. The van der Waals surface area contributed by atoms with Crippen molar-refractivity contribution in [3.05, 3.63) is 34.3 Å². The number of benzene rings is 1. The zero-order chi connectivity index (χ0) is 16.9.